The molecule has 76 valence electrons. The van der Waals surface area contributed by atoms with Crippen LogP contribution in [0.25, 0.3) is 0 Å². The van der Waals surface area contributed by atoms with Gasteiger partial charge in [0.2, 0.25) is 0 Å². The molecule has 0 radical (unpaired) electrons. The van der Waals surface area contributed by atoms with Crippen LogP contribution in [0, 0.1) is 5.92 Å². The standard InChI is InChI=1S/C11H20O2/c1-4-6-7-8-11(13)9(3)10(12)5-2/h9H,4-8H2,1-3H3. The van der Waals surface area contributed by atoms with Crippen LogP contribution < -0.4 is 0 Å². The van der Waals surface area contributed by atoms with Crippen LogP contribution in [-0.2, 0) is 9.59 Å². The Labute approximate surface area is 80.7 Å². The highest BCUT2D eigenvalue weighted by atomic mass is 16.1. The van der Waals surface area contributed by atoms with E-state index in [2.05, 4.69) is 6.92 Å². The second-order valence-corrected chi connectivity index (χ2v) is 3.46. The monoisotopic (exact) mass is 184 g/mol. The van der Waals surface area contributed by atoms with Crippen molar-refractivity contribution < 1.29 is 9.59 Å². The zero-order valence-corrected chi connectivity index (χ0v) is 8.93. The second kappa shape index (κ2) is 6.81. The lowest BCUT2D eigenvalue weighted by Gasteiger charge is -2.06. The Morgan fingerprint density at radius 2 is 1.69 bits per heavy atom. The molecule has 1 unspecified atom stereocenters. The van der Waals surface area contributed by atoms with Crippen LogP contribution in [-0.4, -0.2) is 11.6 Å². The van der Waals surface area contributed by atoms with Gasteiger partial charge in [0, 0.05) is 12.8 Å². The van der Waals surface area contributed by atoms with E-state index >= 15 is 0 Å². The molecule has 0 spiro atoms. The maximum Gasteiger partial charge on any atom is 0.143 e. The molecule has 0 aliphatic heterocycles. The number of unbranched alkanes of at least 4 members (excludes halogenated alkanes) is 2. The van der Waals surface area contributed by atoms with Crippen molar-refractivity contribution in [3.05, 3.63) is 0 Å². The Morgan fingerprint density at radius 1 is 1.08 bits per heavy atom. The average molecular weight is 184 g/mol. The maximum atomic E-state index is 11.4. The van der Waals surface area contributed by atoms with Gasteiger partial charge in [-0.2, -0.15) is 0 Å². The summed E-state index contributed by atoms with van der Waals surface area (Å²) in [6, 6.07) is 0. The summed E-state index contributed by atoms with van der Waals surface area (Å²) < 4.78 is 0. The first-order valence-corrected chi connectivity index (χ1v) is 5.18. The average Bonchev–Trinajstić information content (AvgIpc) is 2.15. The number of carbonyl (C=O) groups is 2. The van der Waals surface area contributed by atoms with Crippen molar-refractivity contribution in [1.82, 2.24) is 0 Å². The fourth-order valence-corrected chi connectivity index (χ4v) is 1.25. The molecule has 0 aliphatic rings. The summed E-state index contributed by atoms with van der Waals surface area (Å²) in [5.74, 6) is -0.191. The van der Waals surface area contributed by atoms with Crippen molar-refractivity contribution in [2.75, 3.05) is 0 Å². The summed E-state index contributed by atoms with van der Waals surface area (Å²) in [6.07, 6.45) is 4.17. The highest BCUT2D eigenvalue weighted by Crippen LogP contribution is 2.08. The van der Waals surface area contributed by atoms with Crippen LogP contribution in [0.2, 0.25) is 0 Å². The lowest BCUT2D eigenvalue weighted by Crippen LogP contribution is -2.19. The fraction of sp³-hybridized carbons (Fsp3) is 0.818. The molecular formula is C11H20O2. The van der Waals surface area contributed by atoms with Gasteiger partial charge in [-0.25, -0.2) is 0 Å². The molecule has 13 heavy (non-hydrogen) atoms. The third-order valence-electron chi connectivity index (χ3n) is 2.34. The van der Waals surface area contributed by atoms with Crippen LogP contribution in [0.5, 0.6) is 0 Å². The van der Waals surface area contributed by atoms with Crippen LogP contribution >= 0.6 is 0 Å². The quantitative estimate of drug-likeness (QED) is 0.450. The van der Waals surface area contributed by atoms with Crippen molar-refractivity contribution in [3.8, 4) is 0 Å². The summed E-state index contributed by atoms with van der Waals surface area (Å²) in [5, 5.41) is 0. The zero-order valence-electron chi connectivity index (χ0n) is 8.93. The predicted octanol–water partition coefficient (Wildman–Crippen LogP) is 2.75. The minimum atomic E-state index is -0.373. The highest BCUT2D eigenvalue weighted by Gasteiger charge is 2.18. The van der Waals surface area contributed by atoms with Crippen LogP contribution in [0.4, 0.5) is 0 Å². The molecule has 0 aromatic carbocycles. The van der Waals surface area contributed by atoms with Gasteiger partial charge >= 0.3 is 0 Å². The number of hydrogen-bond acceptors (Lipinski definition) is 2. The normalized spacial score (nSPS) is 12.5. The van der Waals surface area contributed by atoms with E-state index in [4.69, 9.17) is 0 Å². The molecule has 0 aromatic rings. The van der Waals surface area contributed by atoms with Gasteiger partial charge in [0.15, 0.2) is 0 Å². The van der Waals surface area contributed by atoms with Gasteiger partial charge in [-0.3, -0.25) is 9.59 Å². The van der Waals surface area contributed by atoms with Crippen molar-refractivity contribution in [1.29, 1.82) is 0 Å². The van der Waals surface area contributed by atoms with E-state index in [1.807, 2.05) is 0 Å². The zero-order chi connectivity index (χ0) is 10.3. The number of carbonyl (C=O) groups excluding carboxylic acids is 2. The Morgan fingerprint density at radius 3 is 2.15 bits per heavy atom. The SMILES string of the molecule is CCCCCC(=O)C(C)C(=O)CC. The fourth-order valence-electron chi connectivity index (χ4n) is 1.25. The predicted molar refractivity (Wildman–Crippen MR) is 53.6 cm³/mol. The molecule has 0 saturated carbocycles. The molecular weight excluding hydrogens is 164 g/mol. The van der Waals surface area contributed by atoms with Crippen molar-refractivity contribution in [3.63, 3.8) is 0 Å². The highest BCUT2D eigenvalue weighted by molar-refractivity contribution is 6.01. The lowest BCUT2D eigenvalue weighted by molar-refractivity contribution is -0.131. The van der Waals surface area contributed by atoms with E-state index in [1.54, 1.807) is 13.8 Å². The third-order valence-corrected chi connectivity index (χ3v) is 2.34. The van der Waals surface area contributed by atoms with E-state index in [1.165, 1.54) is 0 Å². The van der Waals surface area contributed by atoms with E-state index in [-0.39, 0.29) is 17.5 Å². The van der Waals surface area contributed by atoms with Crippen LogP contribution in [0.15, 0.2) is 0 Å². The molecule has 0 aromatic heterocycles. The molecule has 0 bridgehead atoms. The molecule has 1 atom stereocenters. The van der Waals surface area contributed by atoms with Gasteiger partial charge in [0.25, 0.3) is 0 Å². The summed E-state index contributed by atoms with van der Waals surface area (Å²) in [7, 11) is 0. The van der Waals surface area contributed by atoms with Crippen molar-refractivity contribution >= 4 is 11.6 Å². The summed E-state index contributed by atoms with van der Waals surface area (Å²) in [4.78, 5) is 22.6. The first-order valence-electron chi connectivity index (χ1n) is 5.18. The smallest absolute Gasteiger partial charge is 0.143 e. The lowest BCUT2D eigenvalue weighted by atomic mass is 9.96. The van der Waals surface area contributed by atoms with Gasteiger partial charge in [-0.05, 0) is 13.3 Å². The van der Waals surface area contributed by atoms with Gasteiger partial charge in [0.1, 0.15) is 11.6 Å². The molecule has 0 amide bonds. The van der Waals surface area contributed by atoms with Gasteiger partial charge < -0.3 is 0 Å². The molecule has 2 heteroatoms. The Bertz CT molecular complexity index is 173. The Hall–Kier alpha value is -0.660. The Kier molecular flexibility index (Phi) is 6.47. The van der Waals surface area contributed by atoms with Crippen molar-refractivity contribution in [2.45, 2.75) is 52.9 Å². The Balaban J connectivity index is 3.76. The first kappa shape index (κ1) is 12.3. The summed E-state index contributed by atoms with van der Waals surface area (Å²) >= 11 is 0. The number of Topliss-reactive ketones (excluding diaryl/α,β-unsaturated/α-hetero) is 2. The minimum Gasteiger partial charge on any atom is -0.299 e. The summed E-state index contributed by atoms with van der Waals surface area (Å²) in [5.41, 5.74) is 0. The second-order valence-electron chi connectivity index (χ2n) is 3.46. The van der Waals surface area contributed by atoms with E-state index < -0.39 is 0 Å². The van der Waals surface area contributed by atoms with Gasteiger partial charge in [-0.1, -0.05) is 26.7 Å². The largest absolute Gasteiger partial charge is 0.299 e. The third kappa shape index (κ3) is 4.81. The molecule has 0 saturated heterocycles. The number of ketones is 2. The maximum absolute atomic E-state index is 11.4. The molecule has 0 heterocycles. The molecule has 0 aliphatic carbocycles. The van der Waals surface area contributed by atoms with E-state index in [0.29, 0.717) is 12.8 Å². The molecule has 0 rings (SSSR count). The van der Waals surface area contributed by atoms with Crippen LogP contribution in [0.3, 0.4) is 0 Å². The molecule has 0 fully saturated rings. The first-order chi connectivity index (χ1) is 6.13. The van der Waals surface area contributed by atoms with E-state index in [9.17, 15) is 9.59 Å². The van der Waals surface area contributed by atoms with Gasteiger partial charge in [-0.15, -0.1) is 0 Å². The van der Waals surface area contributed by atoms with Crippen molar-refractivity contribution in [2.24, 2.45) is 5.92 Å². The topological polar surface area (TPSA) is 34.1 Å². The van der Waals surface area contributed by atoms with Gasteiger partial charge in [0.05, 0.1) is 5.92 Å². The van der Waals surface area contributed by atoms with Crippen LogP contribution in [0.1, 0.15) is 52.9 Å². The van der Waals surface area contributed by atoms with E-state index in [0.717, 1.165) is 19.3 Å². The number of rotatable bonds is 7. The molecule has 2 nitrogen and oxygen atoms in total. The summed E-state index contributed by atoms with van der Waals surface area (Å²) in [6.45, 7) is 5.63. The minimum absolute atomic E-state index is 0.0708. The number of hydrogen-bond donors (Lipinski definition) is 0. The molecule has 0 N–H and O–H groups in total.